The van der Waals surface area contributed by atoms with Crippen molar-refractivity contribution in [3.05, 3.63) is 95.2 Å². The second-order valence-corrected chi connectivity index (χ2v) is 7.44. The normalized spacial score (nSPS) is 10.5. The van der Waals surface area contributed by atoms with Gasteiger partial charge in [-0.1, -0.05) is 35.9 Å². The topological polar surface area (TPSA) is 83.4 Å². The van der Waals surface area contributed by atoms with E-state index in [2.05, 4.69) is 16.0 Å². The molecule has 6 nitrogen and oxygen atoms in total. The van der Waals surface area contributed by atoms with Crippen LogP contribution < -0.4 is 16.0 Å². The Balaban J connectivity index is 1.39. The van der Waals surface area contributed by atoms with Gasteiger partial charge in [-0.25, -0.2) is 0 Å². The van der Waals surface area contributed by atoms with Gasteiger partial charge in [-0.3, -0.25) is 14.9 Å². The third kappa shape index (κ3) is 5.09. The zero-order valence-electron chi connectivity index (χ0n) is 16.0. The van der Waals surface area contributed by atoms with E-state index in [1.165, 1.54) is 0 Å². The summed E-state index contributed by atoms with van der Waals surface area (Å²) in [4.78, 5) is 24.8. The van der Waals surface area contributed by atoms with Crippen LogP contribution in [-0.2, 0) is 0 Å². The molecule has 0 saturated carbocycles. The molecule has 0 aliphatic carbocycles. The minimum atomic E-state index is -0.369. The molecule has 0 aliphatic rings. The first kappa shape index (κ1) is 20.6. The van der Waals surface area contributed by atoms with Gasteiger partial charge in [0.15, 0.2) is 10.9 Å². The highest BCUT2D eigenvalue weighted by Gasteiger charge is 2.13. The quantitative estimate of drug-likeness (QED) is 0.360. The van der Waals surface area contributed by atoms with Crippen LogP contribution in [0.25, 0.3) is 11.0 Å². The first-order valence-corrected chi connectivity index (χ1v) is 10.0. The maximum absolute atomic E-state index is 12.5. The van der Waals surface area contributed by atoms with Crippen molar-refractivity contribution in [2.45, 2.75) is 0 Å². The Labute approximate surface area is 188 Å². The number of halogens is 1. The smallest absolute Gasteiger partial charge is 0.291 e. The summed E-state index contributed by atoms with van der Waals surface area (Å²) in [6.45, 7) is 0. The number of hydrogen-bond acceptors (Lipinski definition) is 4. The first-order valence-electron chi connectivity index (χ1n) is 9.26. The molecular weight excluding hydrogens is 434 g/mol. The molecule has 0 fully saturated rings. The average Bonchev–Trinajstić information content (AvgIpc) is 3.19. The van der Waals surface area contributed by atoms with E-state index in [1.54, 1.807) is 60.7 Å². The molecule has 2 amide bonds. The molecule has 0 bridgehead atoms. The van der Waals surface area contributed by atoms with Crippen molar-refractivity contribution >= 4 is 63.1 Å². The molecule has 0 saturated heterocycles. The first-order chi connectivity index (χ1) is 15.0. The second-order valence-electron chi connectivity index (χ2n) is 6.60. The van der Waals surface area contributed by atoms with Gasteiger partial charge in [-0.05, 0) is 66.8 Å². The lowest BCUT2D eigenvalue weighted by Crippen LogP contribution is -2.34. The summed E-state index contributed by atoms with van der Waals surface area (Å²) in [5, 5.41) is 9.84. The highest BCUT2D eigenvalue weighted by atomic mass is 35.5. The fourth-order valence-corrected chi connectivity index (χ4v) is 3.24. The van der Waals surface area contributed by atoms with Crippen molar-refractivity contribution in [3.8, 4) is 0 Å². The van der Waals surface area contributed by atoms with Crippen LogP contribution in [0, 0.1) is 0 Å². The molecule has 3 N–H and O–H groups in total. The molecule has 4 rings (SSSR count). The Morgan fingerprint density at radius 1 is 0.806 bits per heavy atom. The highest BCUT2D eigenvalue weighted by molar-refractivity contribution is 7.80. The van der Waals surface area contributed by atoms with Gasteiger partial charge in [-0.15, -0.1) is 0 Å². The van der Waals surface area contributed by atoms with E-state index in [0.29, 0.717) is 27.5 Å². The van der Waals surface area contributed by atoms with E-state index in [1.807, 2.05) is 18.2 Å². The van der Waals surface area contributed by atoms with Gasteiger partial charge < -0.3 is 15.1 Å². The molecular formula is C23H16ClN3O3S. The van der Waals surface area contributed by atoms with E-state index in [9.17, 15) is 9.59 Å². The lowest BCUT2D eigenvalue weighted by atomic mass is 10.2. The van der Waals surface area contributed by atoms with Crippen molar-refractivity contribution in [2.24, 2.45) is 0 Å². The van der Waals surface area contributed by atoms with Crippen molar-refractivity contribution in [3.63, 3.8) is 0 Å². The highest BCUT2D eigenvalue weighted by Crippen LogP contribution is 2.21. The molecule has 31 heavy (non-hydrogen) atoms. The monoisotopic (exact) mass is 449 g/mol. The van der Waals surface area contributed by atoms with Gasteiger partial charge >= 0.3 is 0 Å². The summed E-state index contributed by atoms with van der Waals surface area (Å²) in [6.07, 6.45) is 0. The lowest BCUT2D eigenvalue weighted by molar-refractivity contribution is 0.0975. The zero-order valence-corrected chi connectivity index (χ0v) is 17.6. The van der Waals surface area contributed by atoms with Gasteiger partial charge in [0.2, 0.25) is 0 Å². The number of anilines is 2. The number of fused-ring (bicyclic) bond motifs is 1. The number of thiocarbonyl (C=S) groups is 1. The molecule has 1 heterocycles. The Morgan fingerprint density at radius 2 is 1.52 bits per heavy atom. The molecule has 0 spiro atoms. The summed E-state index contributed by atoms with van der Waals surface area (Å²) in [6, 6.07) is 22.5. The summed E-state index contributed by atoms with van der Waals surface area (Å²) < 4.78 is 5.59. The number of hydrogen-bond donors (Lipinski definition) is 3. The Kier molecular flexibility index (Phi) is 5.97. The molecule has 0 radical (unpaired) electrons. The van der Waals surface area contributed by atoms with Crippen LogP contribution in [0.4, 0.5) is 11.4 Å². The van der Waals surface area contributed by atoms with Crippen LogP contribution in [0.15, 0.2) is 83.3 Å². The standard InChI is InChI=1S/C23H16ClN3O3S/c24-16-10-8-14(9-11-16)21(28)27-23(31)26-18-6-3-5-17(13-18)25-22(29)20-12-15-4-1-2-7-19(15)30-20/h1-13H,(H,25,29)(H2,26,27,28,31). The van der Waals surface area contributed by atoms with E-state index < -0.39 is 0 Å². The maximum atomic E-state index is 12.5. The molecule has 0 aliphatic heterocycles. The van der Waals surface area contributed by atoms with E-state index in [4.69, 9.17) is 28.2 Å². The predicted octanol–water partition coefficient (Wildman–Crippen LogP) is 5.47. The summed E-state index contributed by atoms with van der Waals surface area (Å²) in [7, 11) is 0. The Bertz CT molecular complexity index is 1250. The SMILES string of the molecule is O=C(NC(=S)Nc1cccc(NC(=O)c2cc3ccccc3o2)c1)c1ccc(Cl)cc1. The van der Waals surface area contributed by atoms with Crippen LogP contribution in [0.5, 0.6) is 0 Å². The molecule has 154 valence electrons. The average molecular weight is 450 g/mol. The Hall–Kier alpha value is -3.68. The predicted molar refractivity (Wildman–Crippen MR) is 126 cm³/mol. The fraction of sp³-hybridized carbons (Fsp3) is 0. The van der Waals surface area contributed by atoms with Gasteiger partial charge in [-0.2, -0.15) is 0 Å². The van der Waals surface area contributed by atoms with Crippen molar-refractivity contribution in [1.82, 2.24) is 5.32 Å². The number of rotatable bonds is 4. The van der Waals surface area contributed by atoms with E-state index in [0.717, 1.165) is 5.39 Å². The second kappa shape index (κ2) is 8.99. The minimum absolute atomic E-state index is 0.126. The lowest BCUT2D eigenvalue weighted by Gasteiger charge is -2.11. The third-order valence-corrected chi connectivity index (χ3v) is 4.82. The number of carbonyl (C=O) groups excluding carboxylic acids is 2. The van der Waals surface area contributed by atoms with Crippen molar-refractivity contribution < 1.29 is 14.0 Å². The molecule has 8 heteroatoms. The largest absolute Gasteiger partial charge is 0.451 e. The maximum Gasteiger partial charge on any atom is 0.291 e. The minimum Gasteiger partial charge on any atom is -0.451 e. The summed E-state index contributed by atoms with van der Waals surface area (Å²) in [5.74, 6) is -0.513. The van der Waals surface area contributed by atoms with Crippen LogP contribution in [0.2, 0.25) is 5.02 Å². The molecule has 1 aromatic heterocycles. The summed E-state index contributed by atoms with van der Waals surface area (Å²) in [5.41, 5.74) is 2.22. The van der Waals surface area contributed by atoms with Gasteiger partial charge in [0.05, 0.1) is 0 Å². The third-order valence-electron chi connectivity index (χ3n) is 4.36. The van der Waals surface area contributed by atoms with Gasteiger partial charge in [0, 0.05) is 27.3 Å². The number of carbonyl (C=O) groups is 2. The van der Waals surface area contributed by atoms with Gasteiger partial charge in [0.25, 0.3) is 11.8 Å². The Morgan fingerprint density at radius 3 is 2.26 bits per heavy atom. The van der Waals surface area contributed by atoms with Crippen molar-refractivity contribution in [2.75, 3.05) is 10.6 Å². The number of para-hydroxylation sites is 1. The van der Waals surface area contributed by atoms with Crippen LogP contribution in [0.1, 0.15) is 20.9 Å². The zero-order chi connectivity index (χ0) is 21.8. The molecule has 0 unspecified atom stereocenters. The van der Waals surface area contributed by atoms with Crippen LogP contribution >= 0.6 is 23.8 Å². The number of benzene rings is 3. The molecule has 4 aromatic rings. The molecule has 0 atom stereocenters. The van der Waals surface area contributed by atoms with Crippen molar-refractivity contribution in [1.29, 1.82) is 0 Å². The fourth-order valence-electron chi connectivity index (χ4n) is 2.90. The van der Waals surface area contributed by atoms with Gasteiger partial charge in [0.1, 0.15) is 5.58 Å². The molecule has 3 aromatic carbocycles. The van der Waals surface area contributed by atoms with Crippen LogP contribution in [0.3, 0.4) is 0 Å². The van der Waals surface area contributed by atoms with E-state index in [-0.39, 0.29) is 22.7 Å². The number of nitrogens with one attached hydrogen (secondary N) is 3. The van der Waals surface area contributed by atoms with Crippen LogP contribution in [-0.4, -0.2) is 16.9 Å². The number of amides is 2. The summed E-state index contributed by atoms with van der Waals surface area (Å²) >= 11 is 11.0. The number of furan rings is 1. The van der Waals surface area contributed by atoms with E-state index >= 15 is 0 Å².